The maximum absolute atomic E-state index is 12.0. The molecule has 0 unspecified atom stereocenters. The Hall–Kier alpha value is -2.28. The van der Waals surface area contributed by atoms with E-state index in [4.69, 9.17) is 5.11 Å². The van der Waals surface area contributed by atoms with Gasteiger partial charge in [0.05, 0.1) is 24.0 Å². The van der Waals surface area contributed by atoms with E-state index in [2.05, 4.69) is 31.2 Å². The molecule has 6 nitrogen and oxygen atoms in total. The Balaban J connectivity index is 2.09. The van der Waals surface area contributed by atoms with Crippen molar-refractivity contribution >= 4 is 33.5 Å². The van der Waals surface area contributed by atoms with E-state index >= 15 is 0 Å². The number of carboxylic acid groups (broad SMARTS) is 1. The van der Waals surface area contributed by atoms with Gasteiger partial charge in [0, 0.05) is 10.7 Å². The standard InChI is InChI=1S/C13H10BrN3O3/c14-10-2-1-5-15-12(10)13(20)17-9-4-3-8(16-7-9)6-11(18)19/h1-5,7H,6H2,(H,17,20)(H,18,19). The number of hydrogen-bond acceptors (Lipinski definition) is 4. The summed E-state index contributed by atoms with van der Waals surface area (Å²) < 4.78 is 0.591. The van der Waals surface area contributed by atoms with Gasteiger partial charge in [-0.05, 0) is 40.2 Å². The Morgan fingerprint density at radius 2 is 2.05 bits per heavy atom. The van der Waals surface area contributed by atoms with Crippen molar-refractivity contribution < 1.29 is 14.7 Å². The van der Waals surface area contributed by atoms with Gasteiger partial charge in [0.1, 0.15) is 5.69 Å². The lowest BCUT2D eigenvalue weighted by atomic mass is 10.2. The van der Waals surface area contributed by atoms with E-state index in [9.17, 15) is 9.59 Å². The van der Waals surface area contributed by atoms with Crippen LogP contribution in [0.15, 0.2) is 41.1 Å². The first kappa shape index (κ1) is 14.1. The molecule has 0 atom stereocenters. The average Bonchev–Trinajstić information content (AvgIpc) is 2.41. The second-order valence-corrected chi connectivity index (χ2v) is 4.75. The molecule has 7 heteroatoms. The molecule has 2 aromatic rings. The molecule has 0 aliphatic carbocycles. The summed E-state index contributed by atoms with van der Waals surface area (Å²) in [6.45, 7) is 0. The van der Waals surface area contributed by atoms with Crippen LogP contribution in [-0.2, 0) is 11.2 Å². The van der Waals surface area contributed by atoms with Crippen molar-refractivity contribution in [2.45, 2.75) is 6.42 Å². The number of hydrogen-bond donors (Lipinski definition) is 2. The molecule has 0 bridgehead atoms. The van der Waals surface area contributed by atoms with E-state index in [-0.39, 0.29) is 18.0 Å². The van der Waals surface area contributed by atoms with Gasteiger partial charge in [-0.15, -0.1) is 0 Å². The van der Waals surface area contributed by atoms with Crippen LogP contribution in [0.25, 0.3) is 0 Å². The van der Waals surface area contributed by atoms with Gasteiger partial charge in [0.2, 0.25) is 0 Å². The lowest BCUT2D eigenvalue weighted by molar-refractivity contribution is -0.136. The zero-order valence-electron chi connectivity index (χ0n) is 10.2. The maximum Gasteiger partial charge on any atom is 0.309 e. The van der Waals surface area contributed by atoms with Gasteiger partial charge in [0.25, 0.3) is 5.91 Å². The van der Waals surface area contributed by atoms with Crippen molar-refractivity contribution in [2.75, 3.05) is 5.32 Å². The first-order valence-electron chi connectivity index (χ1n) is 5.65. The fourth-order valence-electron chi connectivity index (χ4n) is 1.50. The Morgan fingerprint density at radius 1 is 1.25 bits per heavy atom. The van der Waals surface area contributed by atoms with Crippen molar-refractivity contribution in [1.29, 1.82) is 0 Å². The number of amides is 1. The van der Waals surface area contributed by atoms with E-state index in [1.165, 1.54) is 12.4 Å². The van der Waals surface area contributed by atoms with Gasteiger partial charge in [0.15, 0.2) is 0 Å². The highest BCUT2D eigenvalue weighted by molar-refractivity contribution is 9.10. The number of aromatic nitrogens is 2. The number of halogens is 1. The number of carbonyl (C=O) groups is 2. The summed E-state index contributed by atoms with van der Waals surface area (Å²) in [5, 5.41) is 11.3. The lowest BCUT2D eigenvalue weighted by Crippen LogP contribution is -2.14. The molecule has 0 aliphatic heterocycles. The number of nitrogens with one attached hydrogen (secondary N) is 1. The summed E-state index contributed by atoms with van der Waals surface area (Å²) in [6.07, 6.45) is 2.78. The van der Waals surface area contributed by atoms with E-state index in [1.807, 2.05) is 0 Å². The van der Waals surface area contributed by atoms with Crippen LogP contribution < -0.4 is 5.32 Å². The van der Waals surface area contributed by atoms with Crippen molar-refractivity contribution in [3.63, 3.8) is 0 Å². The predicted molar refractivity (Wildman–Crippen MR) is 75.5 cm³/mol. The molecule has 0 spiro atoms. The fourth-order valence-corrected chi connectivity index (χ4v) is 1.94. The molecule has 0 aromatic carbocycles. The van der Waals surface area contributed by atoms with Gasteiger partial charge < -0.3 is 10.4 Å². The zero-order chi connectivity index (χ0) is 14.5. The normalized spacial score (nSPS) is 10.1. The minimum atomic E-state index is -0.952. The monoisotopic (exact) mass is 335 g/mol. The third-order valence-corrected chi connectivity index (χ3v) is 3.03. The van der Waals surface area contributed by atoms with Crippen LogP contribution in [0, 0.1) is 0 Å². The molecular weight excluding hydrogens is 326 g/mol. The lowest BCUT2D eigenvalue weighted by Gasteiger charge is -2.06. The highest BCUT2D eigenvalue weighted by atomic mass is 79.9. The van der Waals surface area contributed by atoms with Gasteiger partial charge in [-0.2, -0.15) is 0 Å². The number of anilines is 1. The molecule has 0 fully saturated rings. The second kappa shape index (κ2) is 6.25. The van der Waals surface area contributed by atoms with Crippen LogP contribution in [0.5, 0.6) is 0 Å². The summed E-state index contributed by atoms with van der Waals surface area (Å²) >= 11 is 3.24. The zero-order valence-corrected chi connectivity index (χ0v) is 11.8. The molecule has 1 amide bonds. The topological polar surface area (TPSA) is 92.2 Å². The molecule has 0 saturated carbocycles. The van der Waals surface area contributed by atoms with Crippen LogP contribution in [-0.4, -0.2) is 27.0 Å². The highest BCUT2D eigenvalue weighted by Gasteiger charge is 2.11. The van der Waals surface area contributed by atoms with E-state index in [0.717, 1.165) is 0 Å². The van der Waals surface area contributed by atoms with Crippen LogP contribution in [0.2, 0.25) is 0 Å². The SMILES string of the molecule is O=C(O)Cc1ccc(NC(=O)c2ncccc2Br)cn1. The number of pyridine rings is 2. The number of carbonyl (C=O) groups excluding carboxylic acids is 1. The summed E-state index contributed by atoms with van der Waals surface area (Å²) in [4.78, 5) is 30.4. The van der Waals surface area contributed by atoms with Gasteiger partial charge in [-0.25, -0.2) is 4.98 Å². The minimum absolute atomic E-state index is 0.153. The molecule has 2 rings (SSSR count). The number of carboxylic acids is 1. The largest absolute Gasteiger partial charge is 0.481 e. The Labute approximate surface area is 123 Å². The third kappa shape index (κ3) is 3.61. The Morgan fingerprint density at radius 3 is 2.65 bits per heavy atom. The summed E-state index contributed by atoms with van der Waals surface area (Å²) in [6, 6.07) is 6.58. The molecule has 0 aliphatic rings. The van der Waals surface area contributed by atoms with E-state index < -0.39 is 5.97 Å². The molecule has 2 aromatic heterocycles. The molecule has 102 valence electrons. The van der Waals surface area contributed by atoms with Crippen molar-refractivity contribution in [2.24, 2.45) is 0 Å². The molecule has 2 heterocycles. The smallest absolute Gasteiger partial charge is 0.309 e. The molecule has 20 heavy (non-hydrogen) atoms. The molecular formula is C13H10BrN3O3. The summed E-state index contributed by atoms with van der Waals surface area (Å²) in [5.41, 5.74) is 1.17. The second-order valence-electron chi connectivity index (χ2n) is 3.90. The van der Waals surface area contributed by atoms with Crippen LogP contribution in [0.3, 0.4) is 0 Å². The fraction of sp³-hybridized carbons (Fsp3) is 0.0769. The average molecular weight is 336 g/mol. The van der Waals surface area contributed by atoms with Gasteiger partial charge in [-0.3, -0.25) is 14.6 Å². The highest BCUT2D eigenvalue weighted by Crippen LogP contribution is 2.15. The van der Waals surface area contributed by atoms with Crippen LogP contribution >= 0.6 is 15.9 Å². The quantitative estimate of drug-likeness (QED) is 0.892. The predicted octanol–water partition coefficient (Wildman–Crippen LogP) is 2.12. The van der Waals surface area contributed by atoms with Crippen LogP contribution in [0.1, 0.15) is 16.2 Å². The van der Waals surface area contributed by atoms with E-state index in [0.29, 0.717) is 15.9 Å². The molecule has 0 saturated heterocycles. The summed E-state index contributed by atoms with van der Waals surface area (Å²) in [7, 11) is 0. The Kier molecular flexibility index (Phi) is 4.41. The van der Waals surface area contributed by atoms with Crippen molar-refractivity contribution in [3.05, 3.63) is 52.5 Å². The van der Waals surface area contributed by atoms with Crippen LogP contribution in [0.4, 0.5) is 5.69 Å². The number of aliphatic carboxylic acids is 1. The third-order valence-electron chi connectivity index (χ3n) is 2.39. The first-order valence-corrected chi connectivity index (χ1v) is 6.44. The summed E-state index contributed by atoms with van der Waals surface area (Å²) in [5.74, 6) is -1.32. The van der Waals surface area contributed by atoms with Gasteiger partial charge in [-0.1, -0.05) is 0 Å². The molecule has 0 radical (unpaired) electrons. The number of nitrogens with zero attached hydrogens (tertiary/aromatic N) is 2. The van der Waals surface area contributed by atoms with Crippen molar-refractivity contribution in [3.8, 4) is 0 Å². The minimum Gasteiger partial charge on any atom is -0.481 e. The van der Waals surface area contributed by atoms with E-state index in [1.54, 1.807) is 24.3 Å². The first-order chi connectivity index (χ1) is 9.56. The number of rotatable bonds is 4. The Bertz CT molecular complexity index is 644. The molecule has 2 N–H and O–H groups in total. The maximum atomic E-state index is 12.0. The van der Waals surface area contributed by atoms with Crippen molar-refractivity contribution in [1.82, 2.24) is 9.97 Å². The van der Waals surface area contributed by atoms with Gasteiger partial charge >= 0.3 is 5.97 Å².